The number of alkyl halides is 3. The minimum absolute atomic E-state index is 0.0907. The third-order valence-corrected chi connectivity index (χ3v) is 5.16. The maximum absolute atomic E-state index is 13.6. The number of likely N-dealkylation sites (tertiary alicyclic amines) is 1. The molecular formula is C22H25F3N2O4. The molecule has 1 atom stereocenters. The molecule has 1 N–H and O–H groups in total. The first-order valence-corrected chi connectivity index (χ1v) is 9.92. The van der Waals surface area contributed by atoms with Gasteiger partial charge in [-0.3, -0.25) is 0 Å². The summed E-state index contributed by atoms with van der Waals surface area (Å²) in [5, 5.41) is 2.43. The van der Waals surface area contributed by atoms with E-state index in [2.05, 4.69) is 5.32 Å². The average molecular weight is 438 g/mol. The molecule has 6 nitrogen and oxygen atoms in total. The predicted molar refractivity (Wildman–Crippen MR) is 110 cm³/mol. The lowest BCUT2D eigenvalue weighted by Gasteiger charge is -2.27. The van der Waals surface area contributed by atoms with Crippen LogP contribution in [-0.2, 0) is 6.18 Å². The number of nitrogens with zero attached hydrogens (tertiary/aromatic N) is 1. The third kappa shape index (κ3) is 4.98. The van der Waals surface area contributed by atoms with Crippen LogP contribution in [0.15, 0.2) is 36.4 Å². The van der Waals surface area contributed by atoms with Crippen LogP contribution in [0, 0.1) is 0 Å². The van der Waals surface area contributed by atoms with Crippen LogP contribution in [0.4, 0.5) is 23.7 Å². The number of hydrogen-bond donors (Lipinski definition) is 1. The Kier molecular flexibility index (Phi) is 6.82. The highest BCUT2D eigenvalue weighted by Gasteiger charge is 2.37. The second-order valence-corrected chi connectivity index (χ2v) is 7.03. The van der Waals surface area contributed by atoms with Crippen molar-refractivity contribution < 1.29 is 32.2 Å². The van der Waals surface area contributed by atoms with Gasteiger partial charge in [0, 0.05) is 12.1 Å². The zero-order valence-corrected chi connectivity index (χ0v) is 17.6. The minimum Gasteiger partial charge on any atom is -0.497 e. The van der Waals surface area contributed by atoms with Gasteiger partial charge in [0.25, 0.3) is 0 Å². The van der Waals surface area contributed by atoms with Crippen molar-refractivity contribution >= 4 is 11.7 Å². The molecule has 0 bridgehead atoms. The van der Waals surface area contributed by atoms with Gasteiger partial charge in [0.2, 0.25) is 0 Å². The number of nitrogens with one attached hydrogen (secondary N) is 1. The Bertz CT molecular complexity index is 933. The van der Waals surface area contributed by atoms with Gasteiger partial charge in [-0.15, -0.1) is 0 Å². The van der Waals surface area contributed by atoms with Crippen molar-refractivity contribution in [1.82, 2.24) is 4.90 Å². The van der Waals surface area contributed by atoms with E-state index < -0.39 is 17.8 Å². The van der Waals surface area contributed by atoms with Crippen LogP contribution in [0.25, 0.3) is 0 Å². The smallest absolute Gasteiger partial charge is 0.418 e. The van der Waals surface area contributed by atoms with Crippen molar-refractivity contribution in [2.45, 2.75) is 32.0 Å². The summed E-state index contributed by atoms with van der Waals surface area (Å²) in [4.78, 5) is 14.5. The molecule has 1 saturated heterocycles. The Morgan fingerprint density at radius 2 is 1.87 bits per heavy atom. The van der Waals surface area contributed by atoms with Gasteiger partial charge in [-0.1, -0.05) is 0 Å². The summed E-state index contributed by atoms with van der Waals surface area (Å²) in [7, 11) is 3.06. The topological polar surface area (TPSA) is 60.0 Å². The molecule has 31 heavy (non-hydrogen) atoms. The van der Waals surface area contributed by atoms with Gasteiger partial charge in [0.05, 0.1) is 38.1 Å². The van der Waals surface area contributed by atoms with Gasteiger partial charge in [0.15, 0.2) is 0 Å². The van der Waals surface area contributed by atoms with Crippen LogP contribution in [0.1, 0.15) is 36.9 Å². The number of anilines is 1. The predicted octanol–water partition coefficient (Wildman–Crippen LogP) is 5.49. The molecule has 2 amide bonds. The Morgan fingerprint density at radius 3 is 2.52 bits per heavy atom. The molecular weight excluding hydrogens is 413 g/mol. The quantitative estimate of drug-likeness (QED) is 0.648. The van der Waals surface area contributed by atoms with Gasteiger partial charge in [0.1, 0.15) is 17.2 Å². The van der Waals surface area contributed by atoms with Crippen LogP contribution < -0.4 is 19.5 Å². The van der Waals surface area contributed by atoms with E-state index in [0.29, 0.717) is 30.9 Å². The van der Waals surface area contributed by atoms with Crippen LogP contribution >= 0.6 is 0 Å². The number of halogens is 3. The second-order valence-electron chi connectivity index (χ2n) is 7.03. The average Bonchev–Trinajstić information content (AvgIpc) is 3.23. The SMILES string of the molecule is CCOc1ccc(NC(=O)N2CCCC2c2cc(OC)ccc2OC)c(C(F)(F)F)c1. The van der Waals surface area contributed by atoms with E-state index >= 15 is 0 Å². The van der Waals surface area contributed by atoms with Crippen LogP contribution in [-0.4, -0.2) is 38.3 Å². The first-order chi connectivity index (χ1) is 14.8. The summed E-state index contributed by atoms with van der Waals surface area (Å²) in [6, 6.07) is 7.83. The van der Waals surface area contributed by atoms with E-state index in [0.717, 1.165) is 11.6 Å². The lowest BCUT2D eigenvalue weighted by atomic mass is 10.0. The molecule has 9 heteroatoms. The second kappa shape index (κ2) is 9.36. The van der Waals surface area contributed by atoms with Crippen molar-refractivity contribution in [1.29, 1.82) is 0 Å². The molecule has 168 valence electrons. The number of carbonyl (C=O) groups excluding carboxylic acids is 1. The molecule has 0 radical (unpaired) electrons. The summed E-state index contributed by atoms with van der Waals surface area (Å²) in [6.07, 6.45) is -3.27. The minimum atomic E-state index is -4.64. The van der Waals surface area contributed by atoms with Crippen molar-refractivity contribution in [2.24, 2.45) is 0 Å². The Morgan fingerprint density at radius 1 is 1.13 bits per heavy atom. The molecule has 1 heterocycles. The number of amides is 2. The van der Waals surface area contributed by atoms with E-state index in [1.54, 1.807) is 25.1 Å². The molecule has 0 aromatic heterocycles. The zero-order chi connectivity index (χ0) is 22.6. The first-order valence-electron chi connectivity index (χ1n) is 9.92. The number of benzene rings is 2. The largest absolute Gasteiger partial charge is 0.497 e. The normalized spacial score (nSPS) is 16.2. The lowest BCUT2D eigenvalue weighted by Crippen LogP contribution is -2.35. The highest BCUT2D eigenvalue weighted by atomic mass is 19.4. The van der Waals surface area contributed by atoms with E-state index in [-0.39, 0.29) is 24.1 Å². The van der Waals surface area contributed by atoms with E-state index in [4.69, 9.17) is 14.2 Å². The summed E-state index contributed by atoms with van der Waals surface area (Å²) in [5.74, 6) is 1.28. The molecule has 2 aromatic carbocycles. The fourth-order valence-corrected chi connectivity index (χ4v) is 3.74. The van der Waals surface area contributed by atoms with Crippen LogP contribution in [0.5, 0.6) is 17.2 Å². The van der Waals surface area contributed by atoms with Crippen molar-refractivity contribution in [3.63, 3.8) is 0 Å². The van der Waals surface area contributed by atoms with Gasteiger partial charge in [-0.25, -0.2) is 4.79 Å². The number of ether oxygens (including phenoxy) is 3. The molecule has 0 spiro atoms. The molecule has 1 fully saturated rings. The summed E-state index contributed by atoms with van der Waals surface area (Å²) in [5.41, 5.74) is -0.525. The number of methoxy groups -OCH3 is 2. The zero-order valence-electron chi connectivity index (χ0n) is 17.6. The van der Waals surface area contributed by atoms with Gasteiger partial charge < -0.3 is 24.4 Å². The Labute approximate surface area is 178 Å². The Hall–Kier alpha value is -3.10. The van der Waals surface area contributed by atoms with E-state index in [1.165, 1.54) is 31.3 Å². The lowest BCUT2D eigenvalue weighted by molar-refractivity contribution is -0.137. The maximum atomic E-state index is 13.6. The fraction of sp³-hybridized carbons (Fsp3) is 0.409. The molecule has 2 aromatic rings. The van der Waals surface area contributed by atoms with Crippen LogP contribution in [0.3, 0.4) is 0 Å². The van der Waals surface area contributed by atoms with E-state index in [1.807, 2.05) is 0 Å². The van der Waals surface area contributed by atoms with Crippen molar-refractivity contribution in [3.05, 3.63) is 47.5 Å². The first kappa shape index (κ1) is 22.6. The molecule has 0 saturated carbocycles. The number of rotatable bonds is 6. The molecule has 1 unspecified atom stereocenters. The highest BCUT2D eigenvalue weighted by molar-refractivity contribution is 5.91. The monoisotopic (exact) mass is 438 g/mol. The van der Waals surface area contributed by atoms with Gasteiger partial charge >= 0.3 is 12.2 Å². The van der Waals surface area contributed by atoms with Crippen molar-refractivity contribution in [2.75, 3.05) is 32.7 Å². The van der Waals surface area contributed by atoms with Crippen molar-refractivity contribution in [3.8, 4) is 17.2 Å². The number of urea groups is 1. The Balaban J connectivity index is 1.88. The van der Waals surface area contributed by atoms with E-state index in [9.17, 15) is 18.0 Å². The summed E-state index contributed by atoms with van der Waals surface area (Å²) < 4.78 is 56.6. The highest BCUT2D eigenvalue weighted by Crippen LogP contribution is 2.41. The third-order valence-electron chi connectivity index (χ3n) is 5.16. The summed E-state index contributed by atoms with van der Waals surface area (Å²) >= 11 is 0. The van der Waals surface area contributed by atoms with Crippen LogP contribution in [0.2, 0.25) is 0 Å². The molecule has 1 aliphatic rings. The van der Waals surface area contributed by atoms with Gasteiger partial charge in [-0.05, 0) is 56.2 Å². The maximum Gasteiger partial charge on any atom is 0.418 e. The standard InChI is InChI=1S/C22H25F3N2O4/c1-4-31-15-7-9-18(17(13-15)22(23,24)25)26-21(28)27-11-5-6-19(27)16-12-14(29-2)8-10-20(16)30-3/h7-10,12-13,19H,4-6,11H2,1-3H3,(H,26,28). The summed E-state index contributed by atoms with van der Waals surface area (Å²) in [6.45, 7) is 2.33. The number of hydrogen-bond acceptors (Lipinski definition) is 4. The fourth-order valence-electron chi connectivity index (χ4n) is 3.74. The molecule has 0 aliphatic carbocycles. The molecule has 3 rings (SSSR count). The van der Waals surface area contributed by atoms with Gasteiger partial charge in [-0.2, -0.15) is 13.2 Å². The number of carbonyl (C=O) groups is 1. The molecule has 1 aliphatic heterocycles.